The van der Waals surface area contributed by atoms with E-state index in [-0.39, 0.29) is 6.04 Å². The predicted octanol–water partition coefficient (Wildman–Crippen LogP) is 4.20. The molecule has 24 heavy (non-hydrogen) atoms. The SMILES string of the molecule is Cc1cnc([C@H](C)NC(=O)OC(C)(C)C)c(-c2ccc(Br)cn2)n1. The predicted molar refractivity (Wildman–Crippen MR) is 95.5 cm³/mol. The number of carbonyl (C=O) groups excluding carboxylic acids is 1. The quantitative estimate of drug-likeness (QED) is 0.846. The first kappa shape index (κ1) is 18.3. The number of nitrogens with zero attached hydrogens (tertiary/aromatic N) is 3. The molecular formula is C17H21BrN4O2. The largest absolute Gasteiger partial charge is 0.444 e. The van der Waals surface area contributed by atoms with E-state index in [2.05, 4.69) is 36.2 Å². The third kappa shape index (κ3) is 4.99. The maximum absolute atomic E-state index is 12.0. The molecule has 2 aromatic rings. The zero-order valence-electron chi connectivity index (χ0n) is 14.4. The summed E-state index contributed by atoms with van der Waals surface area (Å²) in [6, 6.07) is 3.38. The maximum atomic E-state index is 12.0. The second-order valence-corrected chi connectivity index (χ2v) is 7.39. The van der Waals surface area contributed by atoms with Gasteiger partial charge in [0.05, 0.1) is 23.1 Å². The summed E-state index contributed by atoms with van der Waals surface area (Å²) >= 11 is 3.37. The molecular weight excluding hydrogens is 372 g/mol. The summed E-state index contributed by atoms with van der Waals surface area (Å²) in [5.41, 5.74) is 2.20. The van der Waals surface area contributed by atoms with Gasteiger partial charge in [0.25, 0.3) is 0 Å². The van der Waals surface area contributed by atoms with Crippen LogP contribution in [0.4, 0.5) is 4.79 Å². The van der Waals surface area contributed by atoms with Gasteiger partial charge < -0.3 is 10.1 Å². The Kier molecular flexibility index (Phi) is 5.54. The van der Waals surface area contributed by atoms with Crippen LogP contribution < -0.4 is 5.32 Å². The number of rotatable bonds is 3. The summed E-state index contributed by atoms with van der Waals surface area (Å²) < 4.78 is 6.18. The molecule has 1 amide bonds. The number of halogens is 1. The molecule has 0 aliphatic rings. The Morgan fingerprint density at radius 1 is 1.25 bits per heavy atom. The van der Waals surface area contributed by atoms with Crippen LogP contribution in [0.3, 0.4) is 0 Å². The summed E-state index contributed by atoms with van der Waals surface area (Å²) in [6.07, 6.45) is 2.88. The highest BCUT2D eigenvalue weighted by Gasteiger charge is 2.22. The topological polar surface area (TPSA) is 77.0 Å². The van der Waals surface area contributed by atoms with Crippen LogP contribution in [0.1, 0.15) is 45.1 Å². The van der Waals surface area contributed by atoms with E-state index in [1.807, 2.05) is 46.8 Å². The smallest absolute Gasteiger partial charge is 0.408 e. The van der Waals surface area contributed by atoms with Gasteiger partial charge >= 0.3 is 6.09 Å². The lowest BCUT2D eigenvalue weighted by molar-refractivity contribution is 0.0507. The number of amides is 1. The lowest BCUT2D eigenvalue weighted by atomic mass is 10.1. The Hall–Kier alpha value is -2.02. The average molecular weight is 393 g/mol. The summed E-state index contributed by atoms with van der Waals surface area (Å²) in [7, 11) is 0. The van der Waals surface area contributed by atoms with Gasteiger partial charge in [-0.25, -0.2) is 9.78 Å². The first-order valence-electron chi connectivity index (χ1n) is 7.60. The van der Waals surface area contributed by atoms with Crippen molar-refractivity contribution in [1.82, 2.24) is 20.3 Å². The molecule has 2 heterocycles. The van der Waals surface area contributed by atoms with Gasteiger partial charge in [0.2, 0.25) is 0 Å². The number of nitrogens with one attached hydrogen (secondary N) is 1. The Morgan fingerprint density at radius 2 is 1.96 bits per heavy atom. The molecule has 0 aliphatic carbocycles. The molecule has 2 rings (SSSR count). The lowest BCUT2D eigenvalue weighted by Crippen LogP contribution is -2.34. The zero-order chi connectivity index (χ0) is 17.9. The van der Waals surface area contributed by atoms with Gasteiger partial charge in [-0.3, -0.25) is 9.97 Å². The van der Waals surface area contributed by atoms with Crippen molar-refractivity contribution in [3.05, 3.63) is 40.4 Å². The molecule has 0 saturated heterocycles. The third-order valence-corrected chi connectivity index (χ3v) is 3.50. The van der Waals surface area contributed by atoms with Gasteiger partial charge in [0.15, 0.2) is 0 Å². The van der Waals surface area contributed by atoms with E-state index >= 15 is 0 Å². The second-order valence-electron chi connectivity index (χ2n) is 6.47. The fourth-order valence-corrected chi connectivity index (χ4v) is 2.30. The lowest BCUT2D eigenvalue weighted by Gasteiger charge is -2.22. The first-order valence-corrected chi connectivity index (χ1v) is 8.40. The van der Waals surface area contributed by atoms with Crippen LogP contribution in [0.5, 0.6) is 0 Å². The highest BCUT2D eigenvalue weighted by Crippen LogP contribution is 2.24. The molecule has 0 fully saturated rings. The van der Waals surface area contributed by atoms with E-state index < -0.39 is 11.7 Å². The minimum Gasteiger partial charge on any atom is -0.444 e. The summed E-state index contributed by atoms with van der Waals surface area (Å²) in [5, 5.41) is 2.79. The van der Waals surface area contributed by atoms with Crippen LogP contribution >= 0.6 is 15.9 Å². The fourth-order valence-electron chi connectivity index (χ4n) is 2.06. The van der Waals surface area contributed by atoms with E-state index in [1.54, 1.807) is 12.4 Å². The van der Waals surface area contributed by atoms with E-state index in [1.165, 1.54) is 0 Å². The second kappa shape index (κ2) is 7.25. The number of ether oxygens (including phenoxy) is 1. The Morgan fingerprint density at radius 3 is 2.54 bits per heavy atom. The monoisotopic (exact) mass is 392 g/mol. The van der Waals surface area contributed by atoms with Gasteiger partial charge in [-0.15, -0.1) is 0 Å². The van der Waals surface area contributed by atoms with E-state index in [4.69, 9.17) is 4.74 Å². The molecule has 0 radical (unpaired) electrons. The van der Waals surface area contributed by atoms with E-state index in [0.717, 1.165) is 10.2 Å². The molecule has 0 bridgehead atoms. The number of hydrogen-bond acceptors (Lipinski definition) is 5. The maximum Gasteiger partial charge on any atom is 0.408 e. The van der Waals surface area contributed by atoms with Crippen LogP contribution in [-0.2, 0) is 4.74 Å². The zero-order valence-corrected chi connectivity index (χ0v) is 16.0. The first-order chi connectivity index (χ1) is 11.2. The molecule has 6 nitrogen and oxygen atoms in total. The van der Waals surface area contributed by atoms with Crippen LogP contribution in [0.25, 0.3) is 11.4 Å². The molecule has 7 heteroatoms. The number of aromatic nitrogens is 3. The van der Waals surface area contributed by atoms with E-state index in [0.29, 0.717) is 17.1 Å². The van der Waals surface area contributed by atoms with Gasteiger partial charge in [-0.2, -0.15) is 0 Å². The molecule has 0 spiro atoms. The molecule has 1 N–H and O–H groups in total. The van der Waals surface area contributed by atoms with Gasteiger partial charge in [0, 0.05) is 16.9 Å². The summed E-state index contributed by atoms with van der Waals surface area (Å²) in [6.45, 7) is 9.16. The highest BCUT2D eigenvalue weighted by molar-refractivity contribution is 9.10. The van der Waals surface area contributed by atoms with Crippen molar-refractivity contribution in [3.8, 4) is 11.4 Å². The molecule has 0 aliphatic heterocycles. The number of aryl methyl sites for hydroxylation is 1. The summed E-state index contributed by atoms with van der Waals surface area (Å²) in [5.74, 6) is 0. The minimum atomic E-state index is -0.557. The van der Waals surface area contributed by atoms with E-state index in [9.17, 15) is 4.79 Å². The van der Waals surface area contributed by atoms with Crippen LogP contribution in [0.2, 0.25) is 0 Å². The van der Waals surface area contributed by atoms with Gasteiger partial charge in [-0.1, -0.05) is 0 Å². The number of hydrogen-bond donors (Lipinski definition) is 1. The molecule has 1 atom stereocenters. The van der Waals surface area contributed by atoms with Crippen molar-refractivity contribution in [1.29, 1.82) is 0 Å². The normalized spacial score (nSPS) is 12.6. The number of carbonyl (C=O) groups is 1. The molecule has 0 unspecified atom stereocenters. The third-order valence-electron chi connectivity index (χ3n) is 3.03. The number of alkyl carbamates (subject to hydrolysis) is 1. The van der Waals surface area contributed by atoms with Gasteiger partial charge in [0.1, 0.15) is 11.3 Å². The van der Waals surface area contributed by atoms with Crippen molar-refractivity contribution in [2.45, 2.75) is 46.3 Å². The molecule has 2 aromatic heterocycles. The van der Waals surface area contributed by atoms with Crippen LogP contribution in [0, 0.1) is 6.92 Å². The Balaban J connectivity index is 2.29. The highest BCUT2D eigenvalue weighted by atomic mass is 79.9. The van der Waals surface area contributed by atoms with Crippen molar-refractivity contribution >= 4 is 22.0 Å². The molecule has 0 saturated carbocycles. The average Bonchev–Trinajstić information content (AvgIpc) is 2.45. The Bertz CT molecular complexity index is 726. The standard InChI is InChI=1S/C17H21BrN4O2/c1-10-8-20-14(11(2)22-16(23)24-17(3,4)5)15(21-10)13-7-6-12(18)9-19-13/h6-9,11H,1-5H3,(H,22,23)/t11-/m0/s1. The van der Waals surface area contributed by atoms with Crippen LogP contribution in [0.15, 0.2) is 29.0 Å². The summed E-state index contributed by atoms with van der Waals surface area (Å²) in [4.78, 5) is 25.4. The Labute approximate surface area is 150 Å². The molecule has 0 aromatic carbocycles. The van der Waals surface area contributed by atoms with Crippen molar-refractivity contribution in [3.63, 3.8) is 0 Å². The van der Waals surface area contributed by atoms with Gasteiger partial charge in [-0.05, 0) is 62.7 Å². The fraction of sp³-hybridized carbons (Fsp3) is 0.412. The van der Waals surface area contributed by atoms with Crippen molar-refractivity contribution in [2.24, 2.45) is 0 Å². The van der Waals surface area contributed by atoms with Crippen LogP contribution in [-0.4, -0.2) is 26.6 Å². The minimum absolute atomic E-state index is 0.367. The molecule has 128 valence electrons. The van der Waals surface area contributed by atoms with Crippen molar-refractivity contribution in [2.75, 3.05) is 0 Å². The number of pyridine rings is 1. The van der Waals surface area contributed by atoms with Crippen molar-refractivity contribution < 1.29 is 9.53 Å².